The highest BCUT2D eigenvalue weighted by Gasteiger charge is 2.27. The first-order chi connectivity index (χ1) is 66.2. The second-order valence-electron chi connectivity index (χ2n) is 35.2. The number of imidazole rings is 5. The zero-order chi connectivity index (χ0) is 92.4. The van der Waals surface area contributed by atoms with E-state index in [1.54, 1.807) is 25.7 Å². The summed E-state index contributed by atoms with van der Waals surface area (Å²) in [7, 11) is 1.71. The summed E-state index contributed by atoms with van der Waals surface area (Å²) in [4.78, 5) is 64.7. The summed E-state index contributed by atoms with van der Waals surface area (Å²) in [6, 6.07) is 47.3. The molecule has 0 bridgehead atoms. The van der Waals surface area contributed by atoms with Crippen molar-refractivity contribution >= 4 is 95.0 Å². The van der Waals surface area contributed by atoms with Gasteiger partial charge in [-0.1, -0.05) is 133 Å². The lowest BCUT2D eigenvalue weighted by Gasteiger charge is -2.15. The normalized spacial score (nSPS) is 13.0. The van der Waals surface area contributed by atoms with Crippen LogP contribution in [0.5, 0.6) is 0 Å². The Balaban J connectivity index is 0.000000116. The molecule has 17 aromatic heterocycles. The van der Waals surface area contributed by atoms with Crippen LogP contribution in [-0.2, 0) is 30.4 Å². The van der Waals surface area contributed by atoms with E-state index in [4.69, 9.17) is 46.0 Å². The second kappa shape index (κ2) is 40.2. The van der Waals surface area contributed by atoms with Gasteiger partial charge in [0.1, 0.15) is 17.2 Å². The van der Waals surface area contributed by atoms with Crippen molar-refractivity contribution in [1.82, 2.24) is 96.8 Å². The third-order valence-corrected chi connectivity index (χ3v) is 26.3. The molecule has 4 unspecified atom stereocenters. The average Bonchev–Trinajstić information content (AvgIpc) is 1.61. The van der Waals surface area contributed by atoms with Crippen LogP contribution in [0.1, 0.15) is 173 Å². The van der Waals surface area contributed by atoms with Crippen molar-refractivity contribution < 1.29 is 9.13 Å². The lowest BCUT2D eigenvalue weighted by molar-refractivity contribution is 0.189. The number of aromatic nitrogens is 20. The van der Waals surface area contributed by atoms with E-state index in [0.717, 1.165) is 202 Å². The fourth-order valence-electron chi connectivity index (χ4n) is 17.9. The fourth-order valence-corrected chi connectivity index (χ4v) is 17.9. The minimum atomic E-state index is -0.356. The summed E-state index contributed by atoms with van der Waals surface area (Å²) in [5.74, 6) is 6.78. The van der Waals surface area contributed by atoms with E-state index in [1.807, 2.05) is 104 Å². The van der Waals surface area contributed by atoms with Gasteiger partial charge in [0.05, 0.1) is 35.2 Å². The molecule has 4 atom stereocenters. The van der Waals surface area contributed by atoms with Gasteiger partial charge in [0, 0.05) is 252 Å². The summed E-state index contributed by atoms with van der Waals surface area (Å²) in [6.07, 6.45) is 54.4. The maximum Gasteiger partial charge on any atom is 0.180 e. The SMILES string of the molecule is C#Cc1cncc(-c2cn3c(C(C)CC)cnc3c(NCCc3c[nH]c4ccccc34)n2)c1.CCC(C)c1cnc2c(NCCc3c[nH]c4ccccc34)nc(-c3cnc4ccccn34)cn12.CCC(C)c1cnc2c(NCCc3c[nH]c4ccccc34)nc(-c3cncc(C4CC4)c3)cn12.COCCC(C)c1cnc2c(NCCc3c[nH]c4ccccc34)cc(-c3cncc(F)c3)cn12. The molecule has 1 fully saturated rings. The highest BCUT2D eigenvalue weighted by molar-refractivity contribution is 5.87. The molecule has 0 saturated heterocycles. The Morgan fingerprint density at radius 1 is 0.422 bits per heavy atom. The quantitative estimate of drug-likeness (QED) is 0.0187. The van der Waals surface area contributed by atoms with Crippen LogP contribution in [-0.4, -0.2) is 137 Å². The number of halogens is 1. The number of hydrogen-bond acceptors (Lipinski definition) is 16. The molecule has 21 aromatic rings. The van der Waals surface area contributed by atoms with Crippen LogP contribution < -0.4 is 21.3 Å². The van der Waals surface area contributed by atoms with Crippen molar-refractivity contribution in [3.8, 4) is 57.4 Å². The van der Waals surface area contributed by atoms with E-state index in [9.17, 15) is 4.39 Å². The summed E-state index contributed by atoms with van der Waals surface area (Å²) in [5, 5.41) is 19.3. The number of rotatable bonds is 31. The number of para-hydroxylation sites is 4. The van der Waals surface area contributed by atoms with Crippen molar-refractivity contribution in [2.24, 2.45) is 0 Å². The first-order valence-electron chi connectivity index (χ1n) is 47.0. The van der Waals surface area contributed by atoms with Crippen LogP contribution in [0.2, 0.25) is 0 Å². The lowest BCUT2D eigenvalue weighted by atomic mass is 10.0. The number of nitrogens with zero attached hydrogens (tertiary/aromatic N) is 16. The van der Waals surface area contributed by atoms with Gasteiger partial charge in [-0.15, -0.1) is 6.42 Å². The molecule has 1 saturated carbocycles. The molecule has 8 N–H and O–H groups in total. The van der Waals surface area contributed by atoms with Crippen LogP contribution >= 0.6 is 0 Å². The molecule has 0 radical (unpaired) electrons. The Morgan fingerprint density at radius 2 is 0.844 bits per heavy atom. The van der Waals surface area contributed by atoms with Gasteiger partial charge in [0.25, 0.3) is 0 Å². The molecular weight excluding hydrogens is 1680 g/mol. The van der Waals surface area contributed by atoms with E-state index < -0.39 is 0 Å². The molecule has 26 heteroatoms. The predicted molar refractivity (Wildman–Crippen MR) is 541 cm³/mol. The molecule has 17 heterocycles. The summed E-state index contributed by atoms with van der Waals surface area (Å²) in [6.45, 7) is 19.2. The Labute approximate surface area is 782 Å². The Hall–Kier alpha value is -15.6. The number of methoxy groups -OCH3 is 1. The van der Waals surface area contributed by atoms with E-state index >= 15 is 0 Å². The van der Waals surface area contributed by atoms with Gasteiger partial charge in [-0.2, -0.15) is 0 Å². The van der Waals surface area contributed by atoms with Crippen molar-refractivity contribution in [2.45, 2.75) is 142 Å². The van der Waals surface area contributed by atoms with Gasteiger partial charge in [-0.3, -0.25) is 32.6 Å². The summed E-state index contributed by atoms with van der Waals surface area (Å²) in [5.41, 5.74) is 28.8. The van der Waals surface area contributed by atoms with E-state index in [-0.39, 0.29) is 11.7 Å². The van der Waals surface area contributed by atoms with Crippen molar-refractivity contribution in [1.29, 1.82) is 0 Å². The van der Waals surface area contributed by atoms with E-state index in [0.29, 0.717) is 30.3 Å². The zero-order valence-corrected chi connectivity index (χ0v) is 77.3. The van der Waals surface area contributed by atoms with Crippen LogP contribution in [0.4, 0.5) is 27.5 Å². The standard InChI is InChI=1S/C28H30N6.C27H28FN5O.C27H27N7.C27H26N6/c1-3-18(2)26-16-32-28-27(30-11-10-20-15-31-24-7-5-4-6-23(20)24)33-25(17-34(26)28)22-12-21(13-29-14-22)19-8-9-19;1-18(8-10-34-2)26-16-32-27-25(12-21(17-33(26)27)20-11-22(28)15-29-13-20)30-9-7-19-14-31-24-6-4-3-5-23(19)24;1-3-18(2)23-15-31-27-26(28-12-11-19-14-29-21-9-5-4-8-20(19)21)32-22(17-34(23)27)24-16-30-25-10-6-7-13-33(24)25;1-4-18(3)25-16-31-27-26(29-11-10-20-15-30-23-9-7-6-8-22(20)23)32-24(17-33(25)27)21-12-19(5-2)13-28-14-21/h4-7,12-19,31H,3,8-11H2,1-2H3,(H,30,33);3-6,11-18,30-31H,7-10H2,1-2H3;4-10,13-18,29H,3,11-12H2,1-2H3,(H,28,32);2,6-9,12-18,30H,4,10-11H2,1,3H3,(H,29,32). The molecule has 4 aromatic carbocycles. The molecular formula is C109H111FN24O. The molecule has 22 rings (SSSR count). The minimum absolute atomic E-state index is 0.259. The number of benzene rings is 4. The third kappa shape index (κ3) is 19.1. The van der Waals surface area contributed by atoms with Crippen LogP contribution in [0.25, 0.3) is 117 Å². The Bertz CT molecular complexity index is 7780. The van der Waals surface area contributed by atoms with Crippen molar-refractivity contribution in [3.05, 3.63) is 325 Å². The Kier molecular flexibility index (Phi) is 26.4. The number of hydrogen-bond donors (Lipinski definition) is 8. The molecule has 0 aliphatic heterocycles. The van der Waals surface area contributed by atoms with Crippen molar-refractivity contribution in [2.75, 3.05) is 61.2 Å². The third-order valence-electron chi connectivity index (χ3n) is 26.3. The topological polar surface area (TPSA) is 284 Å². The number of nitrogens with one attached hydrogen (secondary N) is 8. The number of ether oxygens (including phenoxy) is 1. The van der Waals surface area contributed by atoms with E-state index in [2.05, 4.69) is 266 Å². The highest BCUT2D eigenvalue weighted by Crippen LogP contribution is 2.42. The van der Waals surface area contributed by atoms with Gasteiger partial charge in [-0.05, 0) is 176 Å². The zero-order valence-electron chi connectivity index (χ0n) is 77.3. The first kappa shape index (κ1) is 88.6. The largest absolute Gasteiger partial charge is 0.385 e. The predicted octanol–water partition coefficient (Wildman–Crippen LogP) is 23.2. The van der Waals surface area contributed by atoms with Gasteiger partial charge in [0.15, 0.2) is 40.0 Å². The molecule has 0 amide bonds. The summed E-state index contributed by atoms with van der Waals surface area (Å²) < 4.78 is 29.9. The number of aromatic amines is 4. The molecule has 1 aliphatic carbocycles. The number of pyridine rings is 5. The number of fused-ring (bicyclic) bond motifs is 9. The molecule has 1 aliphatic rings. The maximum absolute atomic E-state index is 13.9. The summed E-state index contributed by atoms with van der Waals surface area (Å²) >= 11 is 0. The first-order valence-corrected chi connectivity index (χ1v) is 47.0. The monoisotopic (exact) mass is 1790 g/mol. The molecule has 135 heavy (non-hydrogen) atoms. The van der Waals surface area contributed by atoms with Gasteiger partial charge >= 0.3 is 0 Å². The van der Waals surface area contributed by atoms with Gasteiger partial charge in [-0.25, -0.2) is 44.3 Å². The highest BCUT2D eigenvalue weighted by atomic mass is 19.1. The molecule has 680 valence electrons. The van der Waals surface area contributed by atoms with Crippen LogP contribution in [0, 0.1) is 18.2 Å². The van der Waals surface area contributed by atoms with Gasteiger partial charge in [0.2, 0.25) is 0 Å². The Morgan fingerprint density at radius 3 is 1.32 bits per heavy atom. The maximum atomic E-state index is 13.9. The smallest absolute Gasteiger partial charge is 0.180 e. The average molecular weight is 1790 g/mol. The van der Waals surface area contributed by atoms with Crippen molar-refractivity contribution in [3.63, 3.8) is 0 Å². The van der Waals surface area contributed by atoms with Gasteiger partial charge < -0.3 is 50.3 Å². The van der Waals surface area contributed by atoms with E-state index in [1.165, 1.54) is 96.9 Å². The number of H-pyrrole nitrogens is 4. The fraction of sp³-hybridized carbons (Fsp3) is 0.257. The lowest BCUT2D eigenvalue weighted by Crippen LogP contribution is -2.10. The number of terminal acetylenes is 1. The minimum Gasteiger partial charge on any atom is -0.385 e. The molecule has 25 nitrogen and oxygen atoms in total. The molecule has 0 spiro atoms. The van der Waals surface area contributed by atoms with Crippen LogP contribution in [0.3, 0.4) is 0 Å². The second-order valence-corrected chi connectivity index (χ2v) is 35.2. The van der Waals surface area contributed by atoms with Crippen LogP contribution in [0.15, 0.2) is 263 Å². The number of anilines is 4.